The number of nitrogens with one attached hydrogen (secondary N) is 1. The molecule has 0 atom stereocenters. The summed E-state index contributed by atoms with van der Waals surface area (Å²) in [6.07, 6.45) is 3.93. The number of ether oxygens (including phenoxy) is 1. The molecule has 0 bridgehead atoms. The average molecular weight is 243 g/mol. The summed E-state index contributed by atoms with van der Waals surface area (Å²) in [5.41, 5.74) is 6.58. The summed E-state index contributed by atoms with van der Waals surface area (Å²) in [5.74, 6) is 0.862. The van der Waals surface area contributed by atoms with Crippen molar-refractivity contribution < 1.29 is 9.53 Å². The molecular weight excluding hydrogens is 230 g/mol. The number of H-pyrrole nitrogens is 1. The van der Waals surface area contributed by atoms with Gasteiger partial charge in [-0.25, -0.2) is 0 Å². The van der Waals surface area contributed by atoms with Crippen LogP contribution in [0.4, 0.5) is 5.82 Å². The Morgan fingerprint density at radius 2 is 2.28 bits per heavy atom. The summed E-state index contributed by atoms with van der Waals surface area (Å²) in [6.45, 7) is 0. The second-order valence-electron chi connectivity index (χ2n) is 4.37. The maximum atomic E-state index is 12.2. The van der Waals surface area contributed by atoms with Crippen molar-refractivity contribution in [1.82, 2.24) is 10.2 Å². The van der Waals surface area contributed by atoms with Gasteiger partial charge in [0, 0.05) is 5.56 Å². The van der Waals surface area contributed by atoms with Crippen LogP contribution in [0.1, 0.15) is 28.8 Å². The molecule has 2 aromatic rings. The molecule has 5 heteroatoms. The van der Waals surface area contributed by atoms with Crippen LogP contribution >= 0.6 is 0 Å². The van der Waals surface area contributed by atoms with Crippen molar-refractivity contribution in [1.29, 1.82) is 0 Å². The summed E-state index contributed by atoms with van der Waals surface area (Å²) >= 11 is 0. The SMILES string of the molecule is Nc1[nH]ncc1C(=O)c1cccc(OC2CC2)c1. The Balaban J connectivity index is 1.87. The Morgan fingerprint density at radius 1 is 1.44 bits per heavy atom. The summed E-state index contributed by atoms with van der Waals surface area (Å²) < 4.78 is 5.66. The minimum absolute atomic E-state index is 0.150. The van der Waals surface area contributed by atoms with Gasteiger partial charge in [0.15, 0.2) is 5.78 Å². The van der Waals surface area contributed by atoms with Gasteiger partial charge in [0.1, 0.15) is 11.6 Å². The molecule has 0 amide bonds. The molecular formula is C13H13N3O2. The van der Waals surface area contributed by atoms with E-state index in [0.717, 1.165) is 18.6 Å². The third kappa shape index (κ3) is 2.07. The lowest BCUT2D eigenvalue weighted by molar-refractivity contribution is 0.103. The number of carbonyl (C=O) groups excluding carboxylic acids is 1. The van der Waals surface area contributed by atoms with Gasteiger partial charge in [-0.1, -0.05) is 12.1 Å². The van der Waals surface area contributed by atoms with Gasteiger partial charge >= 0.3 is 0 Å². The van der Waals surface area contributed by atoms with E-state index in [4.69, 9.17) is 10.5 Å². The molecule has 5 nitrogen and oxygen atoms in total. The largest absolute Gasteiger partial charge is 0.490 e. The van der Waals surface area contributed by atoms with Crippen molar-refractivity contribution in [3.8, 4) is 5.75 Å². The molecule has 1 saturated carbocycles. The zero-order chi connectivity index (χ0) is 12.5. The van der Waals surface area contributed by atoms with Crippen LogP contribution in [0, 0.1) is 0 Å². The molecule has 3 N–H and O–H groups in total. The number of ketones is 1. The Bertz CT molecular complexity index is 587. The minimum atomic E-state index is -0.150. The zero-order valence-electron chi connectivity index (χ0n) is 9.72. The van der Waals surface area contributed by atoms with Crippen LogP contribution in [0.5, 0.6) is 5.75 Å². The first-order chi connectivity index (χ1) is 8.74. The van der Waals surface area contributed by atoms with E-state index >= 15 is 0 Å². The van der Waals surface area contributed by atoms with E-state index in [1.165, 1.54) is 6.20 Å². The summed E-state index contributed by atoms with van der Waals surface area (Å²) in [7, 11) is 0. The van der Waals surface area contributed by atoms with Gasteiger partial charge in [-0.05, 0) is 25.0 Å². The number of hydrogen-bond acceptors (Lipinski definition) is 4. The number of benzene rings is 1. The van der Waals surface area contributed by atoms with E-state index in [1.54, 1.807) is 18.2 Å². The number of carbonyl (C=O) groups is 1. The molecule has 1 aromatic carbocycles. The molecule has 0 saturated heterocycles. The highest BCUT2D eigenvalue weighted by Gasteiger charge is 2.24. The van der Waals surface area contributed by atoms with E-state index in [0.29, 0.717) is 17.2 Å². The fourth-order valence-electron chi connectivity index (χ4n) is 1.72. The van der Waals surface area contributed by atoms with Crippen LogP contribution in [0.15, 0.2) is 30.5 Å². The van der Waals surface area contributed by atoms with Crippen molar-refractivity contribution >= 4 is 11.6 Å². The zero-order valence-corrected chi connectivity index (χ0v) is 9.72. The smallest absolute Gasteiger partial charge is 0.198 e. The third-order valence-electron chi connectivity index (χ3n) is 2.84. The van der Waals surface area contributed by atoms with Gasteiger partial charge < -0.3 is 10.5 Å². The maximum absolute atomic E-state index is 12.2. The predicted molar refractivity (Wildman–Crippen MR) is 66.5 cm³/mol. The second kappa shape index (κ2) is 4.18. The molecule has 1 aliphatic rings. The highest BCUT2D eigenvalue weighted by molar-refractivity contribution is 6.11. The van der Waals surface area contributed by atoms with Crippen molar-refractivity contribution in [2.75, 3.05) is 5.73 Å². The van der Waals surface area contributed by atoms with E-state index in [9.17, 15) is 4.79 Å². The first-order valence-electron chi connectivity index (χ1n) is 5.84. The number of anilines is 1. The molecule has 0 radical (unpaired) electrons. The molecule has 92 valence electrons. The quantitative estimate of drug-likeness (QED) is 0.802. The number of nitrogen functional groups attached to an aromatic ring is 1. The van der Waals surface area contributed by atoms with Crippen molar-refractivity contribution in [3.05, 3.63) is 41.6 Å². The summed E-state index contributed by atoms with van der Waals surface area (Å²) in [5, 5.41) is 6.30. The lowest BCUT2D eigenvalue weighted by atomic mass is 10.1. The van der Waals surface area contributed by atoms with Crippen LogP contribution in [-0.2, 0) is 0 Å². The number of aromatic amines is 1. The maximum Gasteiger partial charge on any atom is 0.198 e. The molecule has 1 aromatic heterocycles. The molecule has 1 heterocycles. The lowest BCUT2D eigenvalue weighted by Gasteiger charge is -2.06. The lowest BCUT2D eigenvalue weighted by Crippen LogP contribution is -2.04. The Morgan fingerprint density at radius 3 is 2.94 bits per heavy atom. The van der Waals surface area contributed by atoms with Gasteiger partial charge in [0.2, 0.25) is 0 Å². The highest BCUT2D eigenvalue weighted by Crippen LogP contribution is 2.27. The van der Waals surface area contributed by atoms with Crippen LogP contribution in [0.2, 0.25) is 0 Å². The number of nitrogens with zero attached hydrogens (tertiary/aromatic N) is 1. The van der Waals surface area contributed by atoms with Gasteiger partial charge in [-0.3, -0.25) is 9.89 Å². The van der Waals surface area contributed by atoms with Gasteiger partial charge in [-0.2, -0.15) is 5.10 Å². The fraction of sp³-hybridized carbons (Fsp3) is 0.231. The fourth-order valence-corrected chi connectivity index (χ4v) is 1.72. The first-order valence-corrected chi connectivity index (χ1v) is 5.84. The topological polar surface area (TPSA) is 81.0 Å². The number of aromatic nitrogens is 2. The van der Waals surface area contributed by atoms with Crippen molar-refractivity contribution in [2.45, 2.75) is 18.9 Å². The Hall–Kier alpha value is -2.30. The highest BCUT2D eigenvalue weighted by atomic mass is 16.5. The molecule has 0 unspecified atom stereocenters. The second-order valence-corrected chi connectivity index (χ2v) is 4.37. The van der Waals surface area contributed by atoms with E-state index in [2.05, 4.69) is 10.2 Å². The van der Waals surface area contributed by atoms with Crippen molar-refractivity contribution in [2.24, 2.45) is 0 Å². The van der Waals surface area contributed by atoms with Crippen LogP contribution < -0.4 is 10.5 Å². The van der Waals surface area contributed by atoms with Crippen LogP contribution in [-0.4, -0.2) is 22.1 Å². The normalized spacial score (nSPS) is 14.4. The van der Waals surface area contributed by atoms with Crippen molar-refractivity contribution in [3.63, 3.8) is 0 Å². The average Bonchev–Trinajstić information content (AvgIpc) is 3.08. The first kappa shape index (κ1) is 10.8. The Labute approximate surface area is 104 Å². The van der Waals surface area contributed by atoms with E-state index in [1.807, 2.05) is 6.07 Å². The summed E-state index contributed by atoms with van der Waals surface area (Å²) in [6, 6.07) is 7.15. The minimum Gasteiger partial charge on any atom is -0.490 e. The number of nitrogens with two attached hydrogens (primary N) is 1. The van der Waals surface area contributed by atoms with Crippen LogP contribution in [0.25, 0.3) is 0 Å². The predicted octanol–water partition coefficient (Wildman–Crippen LogP) is 1.76. The van der Waals surface area contributed by atoms with Gasteiger partial charge in [0.05, 0.1) is 17.9 Å². The molecule has 1 aliphatic carbocycles. The Kier molecular flexibility index (Phi) is 2.51. The summed E-state index contributed by atoms with van der Waals surface area (Å²) in [4.78, 5) is 12.2. The van der Waals surface area contributed by atoms with Gasteiger partial charge in [0.25, 0.3) is 0 Å². The molecule has 0 aliphatic heterocycles. The number of hydrogen-bond donors (Lipinski definition) is 2. The van der Waals surface area contributed by atoms with E-state index < -0.39 is 0 Å². The van der Waals surface area contributed by atoms with E-state index in [-0.39, 0.29) is 11.6 Å². The standard InChI is InChI=1S/C13H13N3O2/c14-13-11(7-15-16-13)12(17)8-2-1-3-10(6-8)18-9-4-5-9/h1-3,6-7,9H,4-5H2,(H3,14,15,16). The molecule has 0 spiro atoms. The van der Waals surface area contributed by atoms with Gasteiger partial charge in [-0.15, -0.1) is 0 Å². The molecule has 3 rings (SSSR count). The monoisotopic (exact) mass is 243 g/mol. The third-order valence-corrected chi connectivity index (χ3v) is 2.84. The number of rotatable bonds is 4. The molecule has 18 heavy (non-hydrogen) atoms. The molecule has 1 fully saturated rings. The van der Waals surface area contributed by atoms with Crippen LogP contribution in [0.3, 0.4) is 0 Å².